The maximum absolute atomic E-state index is 5.50. The lowest BCUT2D eigenvalue weighted by molar-refractivity contribution is 0.636. The van der Waals surface area contributed by atoms with Gasteiger partial charge in [0.15, 0.2) is 0 Å². The zero-order chi connectivity index (χ0) is 35.4. The molecule has 0 amide bonds. The molecule has 2 atom stereocenters. The lowest BCUT2D eigenvalue weighted by atomic mass is 9.52. The summed E-state index contributed by atoms with van der Waals surface area (Å²) in [6.07, 6.45) is 0. The third-order valence-electron chi connectivity index (χ3n) is 12.5. The molecule has 1 heterocycles. The first-order valence-electron chi connectivity index (χ1n) is 18.9. The Morgan fingerprint density at radius 3 is 1.56 bits per heavy atom. The van der Waals surface area contributed by atoms with Crippen LogP contribution >= 0.6 is 0 Å². The van der Waals surface area contributed by atoms with Crippen LogP contribution in [0.1, 0.15) is 44.5 Å². The Labute approximate surface area is 314 Å². The zero-order valence-corrected chi connectivity index (χ0v) is 29.5. The second-order valence-electron chi connectivity index (χ2n) is 14.9. The Hall–Kier alpha value is -6.83. The van der Waals surface area contributed by atoms with Gasteiger partial charge in [-0.25, -0.2) is 4.98 Å². The maximum Gasteiger partial charge on any atom is 0.0726 e. The Morgan fingerprint density at radius 1 is 0.315 bits per heavy atom. The summed E-state index contributed by atoms with van der Waals surface area (Å²) >= 11 is 0. The monoisotopic (exact) mass is 683 g/mol. The number of benzene rings is 8. The summed E-state index contributed by atoms with van der Waals surface area (Å²) < 4.78 is 0. The fourth-order valence-electron chi connectivity index (χ4n) is 10.7. The second kappa shape index (κ2) is 10.9. The molecule has 12 rings (SSSR count). The van der Waals surface area contributed by atoms with Crippen molar-refractivity contribution in [3.05, 3.63) is 245 Å². The van der Waals surface area contributed by atoms with Gasteiger partial charge in [0.1, 0.15) is 0 Å². The van der Waals surface area contributed by atoms with Crippen LogP contribution in [0.2, 0.25) is 0 Å². The van der Waals surface area contributed by atoms with Crippen LogP contribution in [0.3, 0.4) is 0 Å². The van der Waals surface area contributed by atoms with Crippen LogP contribution in [-0.4, -0.2) is 4.98 Å². The lowest BCUT2D eigenvalue weighted by Gasteiger charge is -2.48. The van der Waals surface area contributed by atoms with Gasteiger partial charge in [0, 0.05) is 10.9 Å². The van der Waals surface area contributed by atoms with Gasteiger partial charge in [0.25, 0.3) is 0 Å². The molecule has 3 aliphatic carbocycles. The summed E-state index contributed by atoms with van der Waals surface area (Å²) in [6, 6.07) is 74.5. The summed E-state index contributed by atoms with van der Waals surface area (Å²) in [6.45, 7) is 0. The van der Waals surface area contributed by atoms with Gasteiger partial charge in [-0.2, -0.15) is 0 Å². The predicted molar refractivity (Wildman–Crippen MR) is 221 cm³/mol. The minimum absolute atomic E-state index is 0.472. The molecule has 0 bridgehead atoms. The molecule has 0 saturated carbocycles. The Kier molecular flexibility index (Phi) is 5.97. The first-order valence-corrected chi connectivity index (χ1v) is 18.9. The van der Waals surface area contributed by atoms with Crippen molar-refractivity contribution in [1.82, 2.24) is 4.98 Å². The lowest BCUT2D eigenvalue weighted by Crippen LogP contribution is -2.43. The van der Waals surface area contributed by atoms with E-state index in [1.807, 2.05) is 0 Å². The molecule has 250 valence electrons. The molecular formula is C53H33N. The number of hydrogen-bond acceptors (Lipinski definition) is 1. The topological polar surface area (TPSA) is 12.9 Å². The minimum Gasteiger partial charge on any atom is -0.248 e. The molecule has 1 spiro atoms. The summed E-state index contributed by atoms with van der Waals surface area (Å²) in [7, 11) is 0. The van der Waals surface area contributed by atoms with Crippen LogP contribution in [0.15, 0.2) is 200 Å². The van der Waals surface area contributed by atoms with Crippen molar-refractivity contribution in [2.24, 2.45) is 0 Å². The quantitative estimate of drug-likeness (QED) is 0.181. The van der Waals surface area contributed by atoms with E-state index in [1.165, 1.54) is 83.5 Å². The number of pyridine rings is 1. The van der Waals surface area contributed by atoms with Crippen molar-refractivity contribution >= 4 is 10.9 Å². The standard InChI is InChI=1S/C53H33N/c1-3-17-34(18-4-1)42-33-49(54-48-32-14-9-23-38(42)48)41-26-15-24-39-36-21-8-11-28-44(36)53(50(39)41)46-30-13-12-29-45(46)52(35-19-5-2-6-20-35)43-27-10-7-22-37(43)40-25-16-31-47(53)51(40)52/h1-33H. The summed E-state index contributed by atoms with van der Waals surface area (Å²) in [4.78, 5) is 5.50. The molecule has 1 heteroatoms. The first kappa shape index (κ1) is 29.7. The molecule has 2 unspecified atom stereocenters. The number of para-hydroxylation sites is 1. The summed E-state index contributed by atoms with van der Waals surface area (Å²) in [5.74, 6) is 0. The van der Waals surface area contributed by atoms with Gasteiger partial charge >= 0.3 is 0 Å². The molecule has 0 N–H and O–H groups in total. The van der Waals surface area contributed by atoms with Crippen molar-refractivity contribution in [3.63, 3.8) is 0 Å². The first-order chi connectivity index (χ1) is 26.8. The fourth-order valence-corrected chi connectivity index (χ4v) is 10.7. The van der Waals surface area contributed by atoms with Gasteiger partial charge in [0.2, 0.25) is 0 Å². The molecule has 9 aromatic rings. The van der Waals surface area contributed by atoms with Gasteiger partial charge in [0.05, 0.1) is 22.0 Å². The molecule has 1 nitrogen and oxygen atoms in total. The van der Waals surface area contributed by atoms with Gasteiger partial charge in [-0.05, 0) is 90.0 Å². The maximum atomic E-state index is 5.50. The molecular weight excluding hydrogens is 651 g/mol. The van der Waals surface area contributed by atoms with Crippen molar-refractivity contribution < 1.29 is 0 Å². The van der Waals surface area contributed by atoms with Gasteiger partial charge in [-0.1, -0.05) is 188 Å². The number of aromatic nitrogens is 1. The Balaban J connectivity index is 1.26. The van der Waals surface area contributed by atoms with Crippen LogP contribution < -0.4 is 0 Å². The van der Waals surface area contributed by atoms with E-state index >= 15 is 0 Å². The van der Waals surface area contributed by atoms with Crippen LogP contribution in [0, 0.1) is 0 Å². The Morgan fingerprint density at radius 2 is 0.815 bits per heavy atom. The summed E-state index contributed by atoms with van der Waals surface area (Å²) in [5.41, 5.74) is 20.4. The Bertz CT molecular complexity index is 3000. The van der Waals surface area contributed by atoms with E-state index in [1.54, 1.807) is 0 Å². The van der Waals surface area contributed by atoms with Crippen LogP contribution in [-0.2, 0) is 10.8 Å². The van der Waals surface area contributed by atoms with Gasteiger partial charge in [-0.3, -0.25) is 0 Å². The predicted octanol–water partition coefficient (Wildman–Crippen LogP) is 12.6. The number of hydrogen-bond donors (Lipinski definition) is 0. The van der Waals surface area contributed by atoms with Crippen molar-refractivity contribution in [1.29, 1.82) is 0 Å². The highest BCUT2D eigenvalue weighted by molar-refractivity contribution is 6.01. The van der Waals surface area contributed by atoms with Gasteiger partial charge < -0.3 is 0 Å². The van der Waals surface area contributed by atoms with E-state index in [9.17, 15) is 0 Å². The molecule has 0 saturated heterocycles. The average molecular weight is 684 g/mol. The van der Waals surface area contributed by atoms with Crippen molar-refractivity contribution in [2.75, 3.05) is 0 Å². The minimum atomic E-state index is -0.592. The molecule has 3 aliphatic rings. The van der Waals surface area contributed by atoms with Gasteiger partial charge in [-0.15, -0.1) is 0 Å². The average Bonchev–Trinajstić information content (AvgIpc) is 3.73. The highest BCUT2D eigenvalue weighted by Gasteiger charge is 2.60. The van der Waals surface area contributed by atoms with E-state index < -0.39 is 10.8 Å². The third kappa shape index (κ3) is 3.57. The van der Waals surface area contributed by atoms with E-state index in [-0.39, 0.29) is 0 Å². The number of rotatable bonds is 3. The molecule has 0 fully saturated rings. The SMILES string of the molecule is c1ccc(-c2cc(-c3cccc4c3C3(c5ccccc5-4)c4ccccc4C4(c5ccccc5)c5ccccc5-c5cccc3c54)nc3ccccc23)cc1. The van der Waals surface area contributed by atoms with E-state index in [4.69, 9.17) is 4.98 Å². The van der Waals surface area contributed by atoms with E-state index in [0.717, 1.165) is 16.6 Å². The number of nitrogens with zero attached hydrogens (tertiary/aromatic N) is 1. The van der Waals surface area contributed by atoms with Crippen molar-refractivity contribution in [3.8, 4) is 44.6 Å². The zero-order valence-electron chi connectivity index (χ0n) is 29.5. The molecule has 0 radical (unpaired) electrons. The smallest absolute Gasteiger partial charge is 0.0726 e. The van der Waals surface area contributed by atoms with Crippen LogP contribution in [0.4, 0.5) is 0 Å². The molecule has 8 aromatic carbocycles. The van der Waals surface area contributed by atoms with E-state index in [2.05, 4.69) is 200 Å². The largest absolute Gasteiger partial charge is 0.248 e. The van der Waals surface area contributed by atoms with Crippen LogP contribution in [0.25, 0.3) is 55.5 Å². The normalized spacial score (nSPS) is 18.1. The fraction of sp³-hybridized carbons (Fsp3) is 0.0377. The molecule has 1 aromatic heterocycles. The molecule has 54 heavy (non-hydrogen) atoms. The highest BCUT2D eigenvalue weighted by Crippen LogP contribution is 2.69. The van der Waals surface area contributed by atoms with E-state index in [0.29, 0.717) is 0 Å². The molecule has 0 aliphatic heterocycles. The summed E-state index contributed by atoms with van der Waals surface area (Å²) in [5, 5.41) is 1.16. The van der Waals surface area contributed by atoms with Crippen LogP contribution in [0.5, 0.6) is 0 Å². The van der Waals surface area contributed by atoms with Crippen molar-refractivity contribution in [2.45, 2.75) is 10.8 Å². The number of fused-ring (bicyclic) bond motifs is 13. The second-order valence-corrected chi connectivity index (χ2v) is 14.9. The third-order valence-corrected chi connectivity index (χ3v) is 12.5. The highest BCUT2D eigenvalue weighted by atomic mass is 14.7.